The first-order valence-corrected chi connectivity index (χ1v) is 9.45. The van der Waals surface area contributed by atoms with Gasteiger partial charge in [0.2, 0.25) is 10.0 Å². The molecule has 0 aliphatic carbocycles. The van der Waals surface area contributed by atoms with E-state index < -0.39 is 10.0 Å². The fraction of sp³-hybridized carbons (Fsp3) is 0.917. The minimum absolute atomic E-state index is 0.107. The highest BCUT2D eigenvalue weighted by atomic mass is 32.2. The molecule has 0 saturated carbocycles. The van der Waals surface area contributed by atoms with Gasteiger partial charge >= 0.3 is 5.97 Å². The maximum atomic E-state index is 11.5. The van der Waals surface area contributed by atoms with Gasteiger partial charge in [0.15, 0.2) is 0 Å². The van der Waals surface area contributed by atoms with Crippen LogP contribution < -0.4 is 0 Å². The fourth-order valence-electron chi connectivity index (χ4n) is 2.14. The third-order valence-electron chi connectivity index (χ3n) is 3.28. The quantitative estimate of drug-likeness (QED) is 0.690. The van der Waals surface area contributed by atoms with Crippen LogP contribution in [-0.2, 0) is 19.6 Å². The number of nitrogens with zero attached hydrogens (tertiary/aromatic N) is 1. The summed E-state index contributed by atoms with van der Waals surface area (Å²) in [6, 6.07) is 0. The van der Waals surface area contributed by atoms with Gasteiger partial charge < -0.3 is 4.74 Å². The maximum absolute atomic E-state index is 11.5. The van der Waals surface area contributed by atoms with Gasteiger partial charge in [-0.15, -0.1) is 0 Å². The number of sulfonamides is 1. The molecule has 19 heavy (non-hydrogen) atoms. The van der Waals surface area contributed by atoms with Crippen molar-refractivity contribution in [3.05, 3.63) is 0 Å². The van der Waals surface area contributed by atoms with E-state index >= 15 is 0 Å². The lowest BCUT2D eigenvalue weighted by molar-refractivity contribution is -0.143. The van der Waals surface area contributed by atoms with Gasteiger partial charge in [0, 0.05) is 18.8 Å². The summed E-state index contributed by atoms with van der Waals surface area (Å²) in [5.41, 5.74) is 0. The number of carbonyl (C=O) groups is 1. The summed E-state index contributed by atoms with van der Waals surface area (Å²) in [4.78, 5) is 11.3. The minimum atomic E-state index is -3.07. The van der Waals surface area contributed by atoms with Gasteiger partial charge in [-0.1, -0.05) is 6.92 Å². The summed E-state index contributed by atoms with van der Waals surface area (Å²) in [5.74, 6) is 1.71. The summed E-state index contributed by atoms with van der Waals surface area (Å²) in [6.07, 6.45) is 3.25. The molecule has 0 spiro atoms. The summed E-state index contributed by atoms with van der Waals surface area (Å²) < 4.78 is 29.2. The Hall–Kier alpha value is -0.270. The van der Waals surface area contributed by atoms with Crippen molar-refractivity contribution in [3.8, 4) is 0 Å². The lowest BCUT2D eigenvalue weighted by atomic mass is 10.0. The number of thioether (sulfide) groups is 1. The topological polar surface area (TPSA) is 63.7 Å². The van der Waals surface area contributed by atoms with Crippen LogP contribution in [0.5, 0.6) is 0 Å². The molecule has 0 amide bonds. The molecule has 2 atom stereocenters. The van der Waals surface area contributed by atoms with Crippen LogP contribution in [0.3, 0.4) is 0 Å². The van der Waals surface area contributed by atoms with Crippen LogP contribution in [0.1, 0.15) is 19.8 Å². The molecule has 1 aliphatic rings. The second-order valence-corrected chi connectivity index (χ2v) is 8.15. The molecule has 0 aromatic rings. The van der Waals surface area contributed by atoms with Crippen LogP contribution in [0.15, 0.2) is 0 Å². The molecule has 2 unspecified atom stereocenters. The second kappa shape index (κ2) is 7.50. The Morgan fingerprint density at radius 1 is 1.53 bits per heavy atom. The van der Waals surface area contributed by atoms with E-state index in [1.165, 1.54) is 13.4 Å². The number of methoxy groups -OCH3 is 1. The Kier molecular flexibility index (Phi) is 6.62. The van der Waals surface area contributed by atoms with E-state index in [4.69, 9.17) is 0 Å². The summed E-state index contributed by atoms with van der Waals surface area (Å²) >= 11 is 1.70. The number of hydrogen-bond donors (Lipinski definition) is 0. The highest BCUT2D eigenvalue weighted by molar-refractivity contribution is 7.99. The van der Waals surface area contributed by atoms with Crippen molar-refractivity contribution >= 4 is 27.8 Å². The average molecular weight is 309 g/mol. The standard InChI is InChI=1S/C12H23NO4S2/c1-10(12(14)17-2)8-18-9-11-5-4-6-13(7-11)19(3,15)16/h10-11H,4-9H2,1-3H3. The van der Waals surface area contributed by atoms with Crippen LogP contribution in [0.4, 0.5) is 0 Å². The van der Waals surface area contributed by atoms with Crippen LogP contribution in [0.2, 0.25) is 0 Å². The number of ether oxygens (including phenoxy) is 1. The van der Waals surface area contributed by atoms with Crippen molar-refractivity contribution in [2.24, 2.45) is 11.8 Å². The van der Waals surface area contributed by atoms with Crippen molar-refractivity contribution < 1.29 is 17.9 Å². The van der Waals surface area contributed by atoms with Gasteiger partial charge in [-0.2, -0.15) is 11.8 Å². The lowest BCUT2D eigenvalue weighted by Crippen LogP contribution is -2.40. The van der Waals surface area contributed by atoms with Crippen molar-refractivity contribution in [1.82, 2.24) is 4.31 Å². The van der Waals surface area contributed by atoms with Crippen molar-refractivity contribution in [3.63, 3.8) is 0 Å². The van der Waals surface area contributed by atoms with Crippen molar-refractivity contribution in [2.75, 3.05) is 38.0 Å². The molecule has 1 rings (SSSR count). The molecule has 5 nitrogen and oxygen atoms in total. The first-order valence-electron chi connectivity index (χ1n) is 6.45. The molecule has 1 saturated heterocycles. The molecule has 0 radical (unpaired) electrons. The van der Waals surface area contributed by atoms with Gasteiger partial charge in [-0.3, -0.25) is 4.79 Å². The number of hydrogen-bond acceptors (Lipinski definition) is 5. The van der Waals surface area contributed by atoms with Crippen LogP contribution >= 0.6 is 11.8 Å². The number of piperidine rings is 1. The van der Waals surface area contributed by atoms with Crippen molar-refractivity contribution in [2.45, 2.75) is 19.8 Å². The van der Waals surface area contributed by atoms with Gasteiger partial charge in [0.05, 0.1) is 19.3 Å². The van der Waals surface area contributed by atoms with Gasteiger partial charge in [-0.25, -0.2) is 12.7 Å². The molecular weight excluding hydrogens is 286 g/mol. The first kappa shape index (κ1) is 16.8. The van der Waals surface area contributed by atoms with E-state index in [0.29, 0.717) is 19.0 Å². The molecule has 1 fully saturated rings. The number of carbonyl (C=O) groups excluding carboxylic acids is 1. The van der Waals surface area contributed by atoms with E-state index in [9.17, 15) is 13.2 Å². The van der Waals surface area contributed by atoms with Crippen LogP contribution in [0, 0.1) is 11.8 Å². The Labute approximate surface area is 120 Å². The highest BCUT2D eigenvalue weighted by Gasteiger charge is 2.26. The minimum Gasteiger partial charge on any atom is -0.469 e. The Morgan fingerprint density at radius 3 is 2.79 bits per heavy atom. The zero-order valence-corrected chi connectivity index (χ0v) is 13.4. The Balaban J connectivity index is 2.32. The molecule has 112 valence electrons. The molecule has 0 aromatic heterocycles. The van der Waals surface area contributed by atoms with Crippen molar-refractivity contribution in [1.29, 1.82) is 0 Å². The zero-order chi connectivity index (χ0) is 14.5. The Bertz CT molecular complexity index is 397. The summed E-state index contributed by atoms with van der Waals surface area (Å²) in [5, 5.41) is 0. The predicted octanol–water partition coefficient (Wildman–Crippen LogP) is 1.20. The normalized spacial score (nSPS) is 23.0. The van der Waals surface area contributed by atoms with E-state index in [2.05, 4.69) is 4.74 Å². The molecule has 1 aliphatic heterocycles. The zero-order valence-electron chi connectivity index (χ0n) is 11.8. The number of esters is 1. The van der Waals surface area contributed by atoms with E-state index in [0.717, 1.165) is 24.3 Å². The molecule has 1 heterocycles. The Morgan fingerprint density at radius 2 is 2.21 bits per heavy atom. The fourth-order valence-corrected chi connectivity index (χ4v) is 4.32. The smallest absolute Gasteiger partial charge is 0.309 e. The maximum Gasteiger partial charge on any atom is 0.309 e. The predicted molar refractivity (Wildman–Crippen MR) is 77.6 cm³/mol. The third kappa shape index (κ3) is 5.71. The van der Waals surface area contributed by atoms with Crippen LogP contribution in [0.25, 0.3) is 0 Å². The molecular formula is C12H23NO4S2. The van der Waals surface area contributed by atoms with E-state index in [1.807, 2.05) is 6.92 Å². The first-order chi connectivity index (χ1) is 8.84. The highest BCUT2D eigenvalue weighted by Crippen LogP contribution is 2.23. The number of rotatable bonds is 6. The monoisotopic (exact) mass is 309 g/mol. The summed E-state index contributed by atoms with van der Waals surface area (Å²) in [7, 11) is -1.67. The van der Waals surface area contributed by atoms with Crippen LogP contribution in [-0.4, -0.2) is 56.7 Å². The van der Waals surface area contributed by atoms with E-state index in [-0.39, 0.29) is 11.9 Å². The molecule has 0 N–H and O–H groups in total. The summed E-state index contributed by atoms with van der Waals surface area (Å²) in [6.45, 7) is 3.10. The lowest BCUT2D eigenvalue weighted by Gasteiger charge is -2.30. The van der Waals surface area contributed by atoms with Gasteiger partial charge in [0.1, 0.15) is 0 Å². The van der Waals surface area contributed by atoms with E-state index in [1.54, 1.807) is 16.1 Å². The van der Waals surface area contributed by atoms with Gasteiger partial charge in [-0.05, 0) is 24.5 Å². The SMILES string of the molecule is COC(=O)C(C)CSCC1CCCN(S(C)(=O)=O)C1. The second-order valence-electron chi connectivity index (χ2n) is 5.09. The molecule has 0 bridgehead atoms. The third-order valence-corrected chi connectivity index (χ3v) is 5.99. The average Bonchev–Trinajstić information content (AvgIpc) is 2.37. The van der Waals surface area contributed by atoms with Gasteiger partial charge in [0.25, 0.3) is 0 Å². The largest absolute Gasteiger partial charge is 0.469 e. The molecule has 0 aromatic carbocycles. The molecule has 7 heteroatoms.